The molecule has 0 saturated carbocycles. The van der Waals surface area contributed by atoms with E-state index in [0.717, 1.165) is 36.9 Å². The number of benzene rings is 1. The van der Waals surface area contributed by atoms with Crippen LogP contribution in [-0.2, 0) is 16.0 Å². The summed E-state index contributed by atoms with van der Waals surface area (Å²) in [6.07, 6.45) is -1.80. The van der Waals surface area contributed by atoms with Crippen LogP contribution in [0.25, 0.3) is 0 Å². The average Bonchev–Trinajstić information content (AvgIpc) is 2.94. The number of carboxylic acid groups (broad SMARTS) is 1. The van der Waals surface area contributed by atoms with Crippen molar-refractivity contribution in [3.63, 3.8) is 0 Å². The Morgan fingerprint density at radius 3 is 2.22 bits per heavy atom. The first-order valence-corrected chi connectivity index (χ1v) is 13.1. The number of alkyl halides is 3. The van der Waals surface area contributed by atoms with Gasteiger partial charge in [-0.25, -0.2) is 14.3 Å². The lowest BCUT2D eigenvalue weighted by atomic mass is 9.89. The van der Waals surface area contributed by atoms with E-state index in [0.29, 0.717) is 43.9 Å². The first-order chi connectivity index (χ1) is 19.1. The Kier molecular flexibility index (Phi) is 9.89. The molecule has 1 aromatic carbocycles. The fourth-order valence-corrected chi connectivity index (χ4v) is 4.76. The molecule has 2 fully saturated rings. The highest BCUT2D eigenvalue weighted by atomic mass is 19.4. The van der Waals surface area contributed by atoms with Crippen molar-refractivity contribution in [1.82, 2.24) is 25.3 Å². The van der Waals surface area contributed by atoms with Gasteiger partial charge in [-0.15, -0.1) is 0 Å². The van der Waals surface area contributed by atoms with Gasteiger partial charge in [-0.05, 0) is 69.8 Å². The predicted molar refractivity (Wildman–Crippen MR) is 140 cm³/mol. The summed E-state index contributed by atoms with van der Waals surface area (Å²) in [5.41, 5.74) is 2.02. The van der Waals surface area contributed by atoms with E-state index >= 15 is 0 Å². The Morgan fingerprint density at radius 2 is 1.66 bits per heavy atom. The smallest absolute Gasteiger partial charge is 0.475 e. The van der Waals surface area contributed by atoms with Crippen LogP contribution in [0.15, 0.2) is 23.0 Å². The summed E-state index contributed by atoms with van der Waals surface area (Å²) in [6, 6.07) is 4.48. The Hall–Kier alpha value is -3.81. The number of carbonyl (C=O) groups is 3. The van der Waals surface area contributed by atoms with E-state index in [9.17, 15) is 31.9 Å². The highest BCUT2D eigenvalue weighted by molar-refractivity contribution is 5.95. The average molecular weight is 584 g/mol. The van der Waals surface area contributed by atoms with Gasteiger partial charge in [0.2, 0.25) is 5.91 Å². The molecule has 2 amide bonds. The summed E-state index contributed by atoms with van der Waals surface area (Å²) in [4.78, 5) is 50.2. The molecule has 2 aliphatic heterocycles. The zero-order valence-corrected chi connectivity index (χ0v) is 23.0. The van der Waals surface area contributed by atoms with E-state index in [1.54, 1.807) is 24.0 Å². The molecule has 2 aromatic rings. The number of carbonyl (C=O) groups excluding carboxylic acids is 2. The molecule has 14 heteroatoms. The fraction of sp³-hybridized carbons (Fsp3) is 0.519. The van der Waals surface area contributed by atoms with Crippen LogP contribution in [0.3, 0.4) is 0 Å². The quantitative estimate of drug-likeness (QED) is 0.471. The molecule has 4 rings (SSSR count). The lowest BCUT2D eigenvalue weighted by Gasteiger charge is -2.41. The van der Waals surface area contributed by atoms with Crippen LogP contribution in [0.5, 0.6) is 0 Å². The number of halogens is 4. The highest BCUT2D eigenvalue weighted by Crippen LogP contribution is 2.23. The lowest BCUT2D eigenvalue weighted by molar-refractivity contribution is -0.192. The van der Waals surface area contributed by atoms with Gasteiger partial charge in [-0.1, -0.05) is 6.07 Å². The summed E-state index contributed by atoms with van der Waals surface area (Å²) in [5, 5.41) is 17.1. The Bertz CT molecular complexity index is 1350. The number of piperidine rings is 1. The topological polar surface area (TPSA) is 136 Å². The van der Waals surface area contributed by atoms with Crippen molar-refractivity contribution in [2.45, 2.75) is 58.2 Å². The molecule has 2 saturated heterocycles. The minimum atomic E-state index is -5.08. The van der Waals surface area contributed by atoms with Gasteiger partial charge < -0.3 is 20.2 Å². The Morgan fingerprint density at radius 1 is 1.05 bits per heavy atom. The number of aromatic amines is 1. The first-order valence-electron chi connectivity index (χ1n) is 13.1. The van der Waals surface area contributed by atoms with E-state index in [-0.39, 0.29) is 22.9 Å². The molecule has 1 aromatic heterocycles. The number of aliphatic carboxylic acids is 1. The van der Waals surface area contributed by atoms with Crippen molar-refractivity contribution >= 4 is 17.8 Å². The molecule has 2 aliphatic rings. The van der Waals surface area contributed by atoms with E-state index < -0.39 is 23.5 Å². The number of amides is 2. The van der Waals surface area contributed by atoms with Gasteiger partial charge in [-0.2, -0.15) is 18.3 Å². The zero-order valence-electron chi connectivity index (χ0n) is 23.0. The number of hydrogen-bond donors (Lipinski definition) is 3. The SMILES string of the molecule is Cc1c(Cc2ccc(F)c(C(=O)N3CCN(C(=O)C4(C)CCCCN4)CC3)c2)n[nH]c(=O)c1C.O=C(O)C(F)(F)F. The van der Waals surface area contributed by atoms with Crippen LogP contribution in [0.4, 0.5) is 17.6 Å². The summed E-state index contributed by atoms with van der Waals surface area (Å²) in [5.74, 6) is -3.64. The second-order valence-electron chi connectivity index (χ2n) is 10.3. The number of nitrogens with zero attached hydrogens (tertiary/aromatic N) is 3. The second-order valence-corrected chi connectivity index (χ2v) is 10.3. The van der Waals surface area contributed by atoms with Crippen LogP contribution in [0.2, 0.25) is 0 Å². The standard InChI is InChI=1S/C25H32FN5O3.C2HF3O2/c1-16-17(2)22(32)29-28-21(16)15-18-6-7-20(26)19(14-18)23(33)30-10-12-31(13-11-30)24(34)25(3)8-4-5-9-27-25;3-2(4,5)1(6)7/h6-7,14,27H,4-5,8-13,15H2,1-3H3,(H,29,32);(H,6,7). The van der Waals surface area contributed by atoms with E-state index in [1.165, 1.54) is 6.07 Å². The van der Waals surface area contributed by atoms with Crippen molar-refractivity contribution in [2.24, 2.45) is 0 Å². The van der Waals surface area contributed by atoms with Crippen LogP contribution >= 0.6 is 0 Å². The minimum absolute atomic E-state index is 0.0111. The molecule has 0 bridgehead atoms. The van der Waals surface area contributed by atoms with Gasteiger partial charge in [0, 0.05) is 38.2 Å². The van der Waals surface area contributed by atoms with Gasteiger partial charge in [0.25, 0.3) is 11.5 Å². The largest absolute Gasteiger partial charge is 0.490 e. The monoisotopic (exact) mass is 583 g/mol. The summed E-state index contributed by atoms with van der Waals surface area (Å²) >= 11 is 0. The van der Waals surface area contributed by atoms with E-state index in [1.807, 2.05) is 18.7 Å². The molecule has 41 heavy (non-hydrogen) atoms. The molecule has 3 heterocycles. The number of piperazine rings is 1. The molecule has 224 valence electrons. The van der Waals surface area contributed by atoms with Gasteiger partial charge >= 0.3 is 12.1 Å². The maximum Gasteiger partial charge on any atom is 0.490 e. The van der Waals surface area contributed by atoms with Gasteiger partial charge in [-0.3, -0.25) is 14.4 Å². The number of carboxylic acids is 1. The molecule has 3 N–H and O–H groups in total. The van der Waals surface area contributed by atoms with Crippen molar-refractivity contribution in [2.75, 3.05) is 32.7 Å². The normalized spacial score (nSPS) is 19.3. The van der Waals surface area contributed by atoms with Crippen molar-refractivity contribution < 1.29 is 37.1 Å². The third kappa shape index (κ3) is 7.69. The summed E-state index contributed by atoms with van der Waals surface area (Å²) in [6.45, 7) is 7.94. The molecular formula is C27H33F4N5O5. The number of aromatic nitrogens is 2. The maximum absolute atomic E-state index is 14.6. The fourth-order valence-electron chi connectivity index (χ4n) is 4.76. The Labute approximate surface area is 233 Å². The zero-order chi connectivity index (χ0) is 30.5. The van der Waals surface area contributed by atoms with E-state index in [2.05, 4.69) is 15.5 Å². The minimum Gasteiger partial charge on any atom is -0.475 e. The summed E-state index contributed by atoms with van der Waals surface area (Å²) in [7, 11) is 0. The molecule has 1 unspecified atom stereocenters. The van der Waals surface area contributed by atoms with Gasteiger partial charge in [0.05, 0.1) is 16.8 Å². The van der Waals surface area contributed by atoms with Crippen molar-refractivity contribution in [3.8, 4) is 0 Å². The number of hydrogen-bond acceptors (Lipinski definition) is 6. The highest BCUT2D eigenvalue weighted by Gasteiger charge is 2.39. The first kappa shape index (κ1) is 31.7. The molecular weight excluding hydrogens is 550 g/mol. The predicted octanol–water partition coefficient (Wildman–Crippen LogP) is 2.57. The molecule has 1 atom stereocenters. The van der Waals surface area contributed by atoms with Crippen LogP contribution in [0, 0.1) is 19.7 Å². The van der Waals surface area contributed by atoms with E-state index in [4.69, 9.17) is 9.90 Å². The lowest BCUT2D eigenvalue weighted by Crippen LogP contribution is -2.61. The van der Waals surface area contributed by atoms with Crippen molar-refractivity contribution in [3.05, 3.63) is 62.3 Å². The number of H-pyrrole nitrogens is 1. The molecule has 0 aliphatic carbocycles. The van der Waals surface area contributed by atoms with Crippen LogP contribution < -0.4 is 10.9 Å². The van der Waals surface area contributed by atoms with Crippen LogP contribution in [0.1, 0.15) is 58.9 Å². The number of nitrogens with one attached hydrogen (secondary N) is 2. The number of rotatable bonds is 4. The van der Waals surface area contributed by atoms with Crippen molar-refractivity contribution in [1.29, 1.82) is 0 Å². The molecule has 0 radical (unpaired) electrons. The summed E-state index contributed by atoms with van der Waals surface area (Å²) < 4.78 is 46.4. The molecule has 10 nitrogen and oxygen atoms in total. The van der Waals surface area contributed by atoms with Gasteiger partial charge in [0.1, 0.15) is 5.82 Å². The van der Waals surface area contributed by atoms with Gasteiger partial charge in [0.15, 0.2) is 0 Å². The Balaban J connectivity index is 0.000000587. The third-order valence-electron chi connectivity index (χ3n) is 7.45. The third-order valence-corrected chi connectivity index (χ3v) is 7.45. The van der Waals surface area contributed by atoms with Crippen LogP contribution in [-0.4, -0.2) is 87.3 Å². The second kappa shape index (κ2) is 12.8. The molecule has 0 spiro atoms. The maximum atomic E-state index is 14.6.